The van der Waals surface area contributed by atoms with Crippen LogP contribution >= 0.6 is 11.6 Å². The Balaban J connectivity index is 1.77. The van der Waals surface area contributed by atoms with E-state index in [4.69, 9.17) is 11.6 Å². The summed E-state index contributed by atoms with van der Waals surface area (Å²) in [5.41, 5.74) is 0.202. The van der Waals surface area contributed by atoms with Crippen molar-refractivity contribution in [2.75, 3.05) is 13.2 Å². The lowest BCUT2D eigenvalue weighted by Crippen LogP contribution is -2.57. The molecule has 1 saturated heterocycles. The van der Waals surface area contributed by atoms with E-state index in [2.05, 4.69) is 10.6 Å². The van der Waals surface area contributed by atoms with E-state index in [0.29, 0.717) is 23.6 Å². The minimum absolute atomic E-state index is 0.118. The van der Waals surface area contributed by atoms with Gasteiger partial charge in [-0.2, -0.15) is 0 Å². The lowest BCUT2D eigenvalue weighted by atomic mass is 9.73. The zero-order valence-electron chi connectivity index (χ0n) is 24.9. The average molecular weight is 616 g/mol. The van der Waals surface area contributed by atoms with E-state index in [9.17, 15) is 29.0 Å². The molecule has 1 aliphatic carbocycles. The van der Waals surface area contributed by atoms with Crippen molar-refractivity contribution in [3.05, 3.63) is 70.5 Å². The third-order valence-corrected chi connectivity index (χ3v) is 9.37. The van der Waals surface area contributed by atoms with Crippen LogP contribution in [-0.4, -0.2) is 58.3 Å². The molecule has 0 aromatic heterocycles. The van der Waals surface area contributed by atoms with Crippen LogP contribution in [0, 0.1) is 17.7 Å². The SMILES string of the molecule is CC(C)(c1cccc(Cl)c1)[C@H](c1cccc(F)c1)N(C(=O)O)[C@@H](CC1CCCCC1)C(=O)N[C@H](CO)C[C@@H]1CCNC1=O. The number of aliphatic hydroxyl groups is 1. The van der Waals surface area contributed by atoms with E-state index in [0.717, 1.165) is 37.7 Å². The second kappa shape index (κ2) is 14.5. The molecule has 2 fully saturated rings. The van der Waals surface area contributed by atoms with Gasteiger partial charge in [0.2, 0.25) is 11.8 Å². The Morgan fingerprint density at radius 3 is 2.42 bits per heavy atom. The standard InChI is InChI=1S/C33H43ClFN3O5/c1-33(2,24-11-7-12-25(34)19-24)29(22-10-6-13-26(35)17-22)38(32(42)43)28(16-21-8-4-3-5-9-21)31(41)37-27(20-39)18-23-14-15-36-30(23)40/h6-7,10-13,17,19,21,23,27-29,39H,3-5,8-9,14-16,18,20H2,1-2H3,(H,36,40)(H,37,41)(H,42,43)/t23-,27-,28-,29-/m0/s1. The van der Waals surface area contributed by atoms with E-state index in [1.165, 1.54) is 23.1 Å². The van der Waals surface area contributed by atoms with E-state index >= 15 is 0 Å². The Morgan fingerprint density at radius 2 is 1.81 bits per heavy atom. The zero-order valence-corrected chi connectivity index (χ0v) is 25.7. The van der Waals surface area contributed by atoms with Gasteiger partial charge in [0, 0.05) is 22.9 Å². The van der Waals surface area contributed by atoms with E-state index < -0.39 is 41.4 Å². The predicted octanol–water partition coefficient (Wildman–Crippen LogP) is 5.82. The number of hydrogen-bond donors (Lipinski definition) is 4. The largest absolute Gasteiger partial charge is 0.465 e. The van der Waals surface area contributed by atoms with Gasteiger partial charge < -0.3 is 20.8 Å². The van der Waals surface area contributed by atoms with Crippen LogP contribution in [0.2, 0.25) is 5.02 Å². The molecule has 2 aliphatic rings. The van der Waals surface area contributed by atoms with E-state index in [1.807, 2.05) is 19.9 Å². The van der Waals surface area contributed by atoms with Crippen LogP contribution in [0.15, 0.2) is 48.5 Å². The van der Waals surface area contributed by atoms with Crippen LogP contribution in [0.25, 0.3) is 0 Å². The van der Waals surface area contributed by atoms with Crippen LogP contribution < -0.4 is 10.6 Å². The van der Waals surface area contributed by atoms with Gasteiger partial charge in [0.05, 0.1) is 18.7 Å². The minimum atomic E-state index is -1.31. The maximum absolute atomic E-state index is 14.7. The third kappa shape index (κ3) is 8.06. The topological polar surface area (TPSA) is 119 Å². The molecule has 10 heteroatoms. The van der Waals surface area contributed by atoms with Gasteiger partial charge in [0.15, 0.2) is 0 Å². The highest BCUT2D eigenvalue weighted by Crippen LogP contribution is 2.44. The molecule has 0 bridgehead atoms. The fraction of sp³-hybridized carbons (Fsp3) is 0.545. The van der Waals surface area contributed by atoms with Crippen molar-refractivity contribution in [2.24, 2.45) is 11.8 Å². The molecule has 4 rings (SSSR count). The molecule has 4 N–H and O–H groups in total. The lowest BCUT2D eigenvalue weighted by molar-refractivity contribution is -0.130. The van der Waals surface area contributed by atoms with Crippen molar-refractivity contribution in [3.8, 4) is 0 Å². The van der Waals surface area contributed by atoms with Crippen molar-refractivity contribution in [2.45, 2.75) is 88.8 Å². The molecule has 2 aromatic rings. The molecule has 8 nitrogen and oxygen atoms in total. The monoisotopic (exact) mass is 615 g/mol. The van der Waals surface area contributed by atoms with Crippen LogP contribution in [0.4, 0.5) is 9.18 Å². The molecular formula is C33H43ClFN3O5. The van der Waals surface area contributed by atoms with Gasteiger partial charge in [-0.3, -0.25) is 14.5 Å². The molecule has 4 atom stereocenters. The molecule has 0 radical (unpaired) electrons. The van der Waals surface area contributed by atoms with Crippen molar-refractivity contribution in [3.63, 3.8) is 0 Å². The first kappa shape index (κ1) is 32.7. The zero-order chi connectivity index (χ0) is 31.1. The predicted molar refractivity (Wildman–Crippen MR) is 163 cm³/mol. The number of aliphatic hydroxyl groups excluding tert-OH is 1. The first-order valence-electron chi connectivity index (χ1n) is 15.2. The number of nitrogens with zero attached hydrogens (tertiary/aromatic N) is 1. The van der Waals surface area contributed by atoms with Crippen molar-refractivity contribution < 1.29 is 29.0 Å². The first-order chi connectivity index (χ1) is 20.5. The van der Waals surface area contributed by atoms with Gasteiger partial charge in [0.25, 0.3) is 0 Å². The number of nitrogens with one attached hydrogen (secondary N) is 2. The molecular weight excluding hydrogens is 573 g/mol. The summed E-state index contributed by atoms with van der Waals surface area (Å²) in [5.74, 6) is -1.38. The molecule has 234 valence electrons. The van der Waals surface area contributed by atoms with Gasteiger partial charge in [-0.05, 0) is 60.6 Å². The molecule has 1 heterocycles. The summed E-state index contributed by atoms with van der Waals surface area (Å²) in [4.78, 5) is 40.9. The summed E-state index contributed by atoms with van der Waals surface area (Å²) >= 11 is 6.36. The Kier molecular flexibility index (Phi) is 11.1. The lowest BCUT2D eigenvalue weighted by Gasteiger charge is -2.45. The van der Waals surface area contributed by atoms with Crippen molar-refractivity contribution >= 4 is 29.5 Å². The molecule has 0 spiro atoms. The molecule has 1 saturated carbocycles. The van der Waals surface area contributed by atoms with Crippen molar-refractivity contribution in [1.29, 1.82) is 0 Å². The fourth-order valence-corrected chi connectivity index (χ4v) is 7.04. The van der Waals surface area contributed by atoms with Crippen LogP contribution in [0.1, 0.15) is 82.4 Å². The highest BCUT2D eigenvalue weighted by Gasteiger charge is 2.46. The quantitative estimate of drug-likeness (QED) is 0.240. The maximum Gasteiger partial charge on any atom is 0.408 e. The number of carbonyl (C=O) groups excluding carboxylic acids is 2. The molecule has 2 aromatic carbocycles. The Morgan fingerprint density at radius 1 is 1.09 bits per heavy atom. The smallest absolute Gasteiger partial charge is 0.408 e. The Labute approximate surface area is 258 Å². The number of carbonyl (C=O) groups is 3. The molecule has 43 heavy (non-hydrogen) atoms. The fourth-order valence-electron chi connectivity index (χ4n) is 6.85. The van der Waals surface area contributed by atoms with Gasteiger partial charge in [-0.15, -0.1) is 0 Å². The normalized spacial score (nSPS) is 19.7. The average Bonchev–Trinajstić information content (AvgIpc) is 3.38. The number of rotatable bonds is 12. The summed E-state index contributed by atoms with van der Waals surface area (Å²) < 4.78 is 14.7. The molecule has 0 unspecified atom stereocenters. The number of hydrogen-bond acceptors (Lipinski definition) is 4. The van der Waals surface area contributed by atoms with Crippen LogP contribution in [0.3, 0.4) is 0 Å². The summed E-state index contributed by atoms with van der Waals surface area (Å²) in [6.45, 7) is 3.89. The van der Waals surface area contributed by atoms with E-state index in [-0.39, 0.29) is 37.2 Å². The minimum Gasteiger partial charge on any atom is -0.465 e. The summed E-state index contributed by atoms with van der Waals surface area (Å²) in [6.07, 6.45) is 4.70. The molecule has 1 aliphatic heterocycles. The van der Waals surface area contributed by atoms with Crippen LogP contribution in [0.5, 0.6) is 0 Å². The van der Waals surface area contributed by atoms with Gasteiger partial charge in [0.1, 0.15) is 11.9 Å². The van der Waals surface area contributed by atoms with Gasteiger partial charge in [-0.1, -0.05) is 81.8 Å². The Bertz CT molecular complexity index is 1280. The van der Waals surface area contributed by atoms with Crippen LogP contribution in [-0.2, 0) is 15.0 Å². The summed E-state index contributed by atoms with van der Waals surface area (Å²) in [7, 11) is 0. The molecule has 3 amide bonds. The summed E-state index contributed by atoms with van der Waals surface area (Å²) in [5, 5.41) is 27.2. The maximum atomic E-state index is 14.7. The van der Waals surface area contributed by atoms with Gasteiger partial charge in [-0.25, -0.2) is 9.18 Å². The Hall–Kier alpha value is -3.17. The summed E-state index contributed by atoms with van der Waals surface area (Å²) in [6, 6.07) is 10.1. The van der Waals surface area contributed by atoms with Gasteiger partial charge >= 0.3 is 6.09 Å². The first-order valence-corrected chi connectivity index (χ1v) is 15.6. The van der Waals surface area contributed by atoms with Crippen molar-refractivity contribution in [1.82, 2.24) is 15.5 Å². The highest BCUT2D eigenvalue weighted by atomic mass is 35.5. The number of halogens is 2. The number of benzene rings is 2. The second-order valence-electron chi connectivity index (χ2n) is 12.5. The number of carboxylic acid groups (broad SMARTS) is 1. The number of amides is 3. The third-order valence-electron chi connectivity index (χ3n) is 9.13. The van der Waals surface area contributed by atoms with E-state index in [1.54, 1.807) is 24.3 Å². The second-order valence-corrected chi connectivity index (χ2v) is 13.0. The highest BCUT2D eigenvalue weighted by molar-refractivity contribution is 6.30.